The highest BCUT2D eigenvalue weighted by molar-refractivity contribution is 6.04. The summed E-state index contributed by atoms with van der Waals surface area (Å²) in [4.78, 5) is 24.9. The molecule has 0 amide bonds. The maximum absolute atomic E-state index is 5.15. The van der Waals surface area contributed by atoms with Crippen molar-refractivity contribution in [2.75, 3.05) is 0 Å². The molecule has 0 aliphatic rings. The third-order valence-electron chi connectivity index (χ3n) is 9.53. The monoisotopic (exact) mass is 667 g/mol. The van der Waals surface area contributed by atoms with Crippen molar-refractivity contribution in [2.24, 2.45) is 0 Å². The third kappa shape index (κ3) is 5.99. The van der Waals surface area contributed by atoms with Crippen LogP contribution >= 0.6 is 0 Å². The fourth-order valence-electron chi connectivity index (χ4n) is 6.83. The Hall–Kier alpha value is -6.85. The van der Waals surface area contributed by atoms with Gasteiger partial charge in [-0.15, -0.1) is 0 Å². The van der Waals surface area contributed by atoms with Crippen LogP contribution in [0, 0.1) is 13.8 Å². The summed E-state index contributed by atoms with van der Waals surface area (Å²) in [5.74, 6) is 1.90. The topological polar surface area (TPSA) is 64.5 Å². The van der Waals surface area contributed by atoms with E-state index >= 15 is 0 Å². The van der Waals surface area contributed by atoms with Crippen molar-refractivity contribution in [3.05, 3.63) is 175 Å². The molecule has 0 radical (unpaired) electrons. The summed E-state index contributed by atoms with van der Waals surface area (Å²) in [6, 6.07) is 56.5. The molecular formula is C47H33N5. The number of fused-ring (bicyclic) bond motifs is 3. The molecule has 0 fully saturated rings. The lowest BCUT2D eigenvalue weighted by molar-refractivity contribution is 1.07. The van der Waals surface area contributed by atoms with Gasteiger partial charge in [0.2, 0.25) is 0 Å². The van der Waals surface area contributed by atoms with E-state index in [1.54, 1.807) is 0 Å². The number of hydrogen-bond acceptors (Lipinski definition) is 5. The second-order valence-corrected chi connectivity index (χ2v) is 13.1. The summed E-state index contributed by atoms with van der Waals surface area (Å²) in [7, 11) is 0. The Morgan fingerprint density at radius 2 is 0.808 bits per heavy atom. The van der Waals surface area contributed by atoms with Crippen molar-refractivity contribution < 1.29 is 0 Å². The highest BCUT2D eigenvalue weighted by atomic mass is 15.0. The molecule has 0 saturated heterocycles. The molecule has 0 atom stereocenters. The van der Waals surface area contributed by atoms with Crippen LogP contribution in [-0.2, 0) is 0 Å². The Morgan fingerprint density at radius 1 is 0.327 bits per heavy atom. The molecule has 9 aromatic rings. The van der Waals surface area contributed by atoms with Gasteiger partial charge in [-0.3, -0.25) is 4.98 Å². The maximum atomic E-state index is 5.15. The van der Waals surface area contributed by atoms with Gasteiger partial charge in [-0.2, -0.15) is 0 Å². The van der Waals surface area contributed by atoms with Crippen LogP contribution in [0.4, 0.5) is 0 Å². The molecule has 6 aromatic carbocycles. The molecule has 0 aliphatic heterocycles. The number of hydrogen-bond donors (Lipinski definition) is 0. The molecule has 0 unspecified atom stereocenters. The average molecular weight is 668 g/mol. The Balaban J connectivity index is 1.06. The third-order valence-corrected chi connectivity index (χ3v) is 9.53. The second kappa shape index (κ2) is 13.1. The predicted molar refractivity (Wildman–Crippen MR) is 213 cm³/mol. The van der Waals surface area contributed by atoms with Gasteiger partial charge in [0, 0.05) is 38.7 Å². The largest absolute Gasteiger partial charge is 0.251 e. The van der Waals surface area contributed by atoms with E-state index < -0.39 is 0 Å². The standard InChI is InChI=1S/C47H33N5/c1-30-28-31(2)48-44-41(30)26-24-35-25-27-42(49-43(35)44)40-15-9-14-39(29-40)34-18-22-38(23-19-34)47-51-45(36-12-7-4-8-13-36)50-46(52-47)37-20-16-33(17-21-37)32-10-5-3-6-11-32/h3-29H,1-2H3. The van der Waals surface area contributed by atoms with E-state index in [2.05, 4.69) is 134 Å². The lowest BCUT2D eigenvalue weighted by atomic mass is 9.99. The van der Waals surface area contributed by atoms with E-state index in [9.17, 15) is 0 Å². The summed E-state index contributed by atoms with van der Waals surface area (Å²) >= 11 is 0. The minimum Gasteiger partial charge on any atom is -0.251 e. The van der Waals surface area contributed by atoms with Crippen LogP contribution in [0.1, 0.15) is 11.3 Å². The summed E-state index contributed by atoms with van der Waals surface area (Å²) in [6.45, 7) is 4.17. The van der Waals surface area contributed by atoms with Gasteiger partial charge in [-0.1, -0.05) is 146 Å². The lowest BCUT2D eigenvalue weighted by Gasteiger charge is -2.11. The van der Waals surface area contributed by atoms with E-state index in [-0.39, 0.29) is 0 Å². The highest BCUT2D eigenvalue weighted by Gasteiger charge is 2.14. The van der Waals surface area contributed by atoms with Crippen molar-refractivity contribution in [3.8, 4) is 67.7 Å². The Labute approximate surface area is 302 Å². The Kier molecular flexibility index (Phi) is 7.86. The van der Waals surface area contributed by atoms with Gasteiger partial charge >= 0.3 is 0 Å². The van der Waals surface area contributed by atoms with E-state index in [0.717, 1.165) is 72.1 Å². The van der Waals surface area contributed by atoms with Crippen LogP contribution in [0.15, 0.2) is 164 Å². The first-order valence-corrected chi connectivity index (χ1v) is 17.4. The molecule has 9 rings (SSSR count). The van der Waals surface area contributed by atoms with Crippen molar-refractivity contribution in [3.63, 3.8) is 0 Å². The van der Waals surface area contributed by atoms with Gasteiger partial charge in [-0.05, 0) is 59.9 Å². The molecular weight excluding hydrogens is 635 g/mol. The molecule has 0 bridgehead atoms. The molecule has 246 valence electrons. The van der Waals surface area contributed by atoms with Gasteiger partial charge < -0.3 is 0 Å². The SMILES string of the molecule is Cc1cc(C)c2ccc3ccc(-c4cccc(-c5ccc(-c6nc(-c7ccccc7)nc(-c7ccc(-c8ccccc8)cc7)n6)cc5)c4)nc3c2n1. The minimum absolute atomic E-state index is 0.628. The minimum atomic E-state index is 0.628. The van der Waals surface area contributed by atoms with E-state index in [1.165, 1.54) is 11.1 Å². The molecule has 0 N–H and O–H groups in total. The zero-order chi connectivity index (χ0) is 35.0. The van der Waals surface area contributed by atoms with Crippen LogP contribution in [0.3, 0.4) is 0 Å². The van der Waals surface area contributed by atoms with Gasteiger partial charge in [0.25, 0.3) is 0 Å². The number of pyridine rings is 2. The smallest absolute Gasteiger partial charge is 0.164 e. The summed E-state index contributed by atoms with van der Waals surface area (Å²) in [5, 5.41) is 2.22. The summed E-state index contributed by atoms with van der Waals surface area (Å²) in [6.07, 6.45) is 0. The maximum Gasteiger partial charge on any atom is 0.164 e. The van der Waals surface area contributed by atoms with E-state index in [0.29, 0.717) is 17.5 Å². The first-order chi connectivity index (χ1) is 25.6. The normalized spacial score (nSPS) is 11.3. The lowest BCUT2D eigenvalue weighted by Crippen LogP contribution is -2.00. The second-order valence-electron chi connectivity index (χ2n) is 13.1. The van der Waals surface area contributed by atoms with Crippen molar-refractivity contribution >= 4 is 21.8 Å². The first kappa shape index (κ1) is 31.2. The van der Waals surface area contributed by atoms with E-state index in [1.807, 2.05) is 43.3 Å². The van der Waals surface area contributed by atoms with Crippen LogP contribution in [0.2, 0.25) is 0 Å². The number of aryl methyl sites for hydroxylation is 2. The van der Waals surface area contributed by atoms with Crippen molar-refractivity contribution in [1.29, 1.82) is 0 Å². The highest BCUT2D eigenvalue weighted by Crippen LogP contribution is 2.32. The van der Waals surface area contributed by atoms with Crippen molar-refractivity contribution in [1.82, 2.24) is 24.9 Å². The number of rotatable bonds is 6. The van der Waals surface area contributed by atoms with Gasteiger partial charge in [0.05, 0.1) is 16.7 Å². The zero-order valence-corrected chi connectivity index (χ0v) is 28.8. The van der Waals surface area contributed by atoms with Crippen LogP contribution < -0.4 is 0 Å². The molecule has 0 spiro atoms. The first-order valence-electron chi connectivity index (χ1n) is 17.4. The van der Waals surface area contributed by atoms with Crippen molar-refractivity contribution in [2.45, 2.75) is 13.8 Å². The molecule has 52 heavy (non-hydrogen) atoms. The molecule has 5 nitrogen and oxygen atoms in total. The van der Waals surface area contributed by atoms with Crippen LogP contribution in [-0.4, -0.2) is 24.9 Å². The predicted octanol–water partition coefficient (Wildman–Crippen LogP) is 11.6. The zero-order valence-electron chi connectivity index (χ0n) is 28.8. The van der Waals surface area contributed by atoms with Gasteiger partial charge in [-0.25, -0.2) is 19.9 Å². The van der Waals surface area contributed by atoms with Crippen LogP contribution in [0.5, 0.6) is 0 Å². The Morgan fingerprint density at radius 3 is 1.44 bits per heavy atom. The molecule has 5 heteroatoms. The fourth-order valence-corrected chi connectivity index (χ4v) is 6.83. The number of nitrogens with zero attached hydrogens (tertiary/aromatic N) is 5. The average Bonchev–Trinajstić information content (AvgIpc) is 3.21. The summed E-state index contributed by atoms with van der Waals surface area (Å²) < 4.78 is 0. The number of benzene rings is 6. The molecule has 3 aromatic heterocycles. The Bertz CT molecular complexity index is 2720. The fraction of sp³-hybridized carbons (Fsp3) is 0.0426. The molecule has 3 heterocycles. The van der Waals surface area contributed by atoms with Gasteiger partial charge in [0.1, 0.15) is 0 Å². The van der Waals surface area contributed by atoms with Crippen LogP contribution in [0.25, 0.3) is 89.5 Å². The molecule has 0 aliphatic carbocycles. The number of aromatic nitrogens is 5. The molecule has 0 saturated carbocycles. The van der Waals surface area contributed by atoms with E-state index in [4.69, 9.17) is 24.9 Å². The summed E-state index contributed by atoms with van der Waals surface area (Å²) in [5.41, 5.74) is 13.4. The van der Waals surface area contributed by atoms with Gasteiger partial charge in [0.15, 0.2) is 17.5 Å². The quantitative estimate of drug-likeness (QED) is 0.165.